The monoisotopic (exact) mass is 472 g/mol. The maximum absolute atomic E-state index is 9.23. The van der Waals surface area contributed by atoms with Gasteiger partial charge in [-0.25, -0.2) is 4.98 Å². The molecule has 1 aliphatic heterocycles. The fourth-order valence-electron chi connectivity index (χ4n) is 4.48. The zero-order valence-corrected chi connectivity index (χ0v) is 20.0. The Morgan fingerprint density at radius 2 is 2.03 bits per heavy atom. The molecule has 1 fully saturated rings. The molecule has 0 radical (unpaired) electrons. The Kier molecular flexibility index (Phi) is 6.18. The third kappa shape index (κ3) is 4.35. The Balaban J connectivity index is 1.63. The molecule has 3 aromatic heterocycles. The first-order chi connectivity index (χ1) is 16.5. The molecule has 1 saturated heterocycles. The average Bonchev–Trinajstić information content (AvgIpc) is 3.34. The Morgan fingerprint density at radius 3 is 2.76 bits per heavy atom. The standard InChI is InChI=1S/C26H25ClN6O/c1-17-22(27)12-21(14-30-17)23-24(20-7-5-18(13-28)6-8-20)31-26(33-11-9-29-25(23)33)34-16-19-4-3-10-32(2)15-19/h5-9,11-12,14,19H,3-4,10,15-16H2,1-2H3/t19-/m1/s1. The quantitative estimate of drug-likeness (QED) is 0.406. The van der Waals surface area contributed by atoms with Gasteiger partial charge in [-0.3, -0.25) is 9.38 Å². The maximum atomic E-state index is 9.23. The molecule has 34 heavy (non-hydrogen) atoms. The Bertz CT molecular complexity index is 1370. The minimum absolute atomic E-state index is 0.456. The molecule has 1 atom stereocenters. The van der Waals surface area contributed by atoms with Crippen LogP contribution < -0.4 is 4.74 Å². The highest BCUT2D eigenvalue weighted by molar-refractivity contribution is 6.31. The van der Waals surface area contributed by atoms with E-state index in [1.54, 1.807) is 24.5 Å². The molecule has 0 saturated carbocycles. The number of hydrogen-bond acceptors (Lipinski definition) is 6. The lowest BCUT2D eigenvalue weighted by Crippen LogP contribution is -2.35. The van der Waals surface area contributed by atoms with Crippen molar-refractivity contribution in [1.82, 2.24) is 24.3 Å². The van der Waals surface area contributed by atoms with Gasteiger partial charge in [-0.05, 0) is 51.6 Å². The number of halogens is 1. The van der Waals surface area contributed by atoms with Gasteiger partial charge < -0.3 is 9.64 Å². The molecule has 0 aliphatic carbocycles. The third-order valence-corrected chi connectivity index (χ3v) is 6.67. The van der Waals surface area contributed by atoms with E-state index in [2.05, 4.69) is 28.0 Å². The summed E-state index contributed by atoms with van der Waals surface area (Å²) in [6.45, 7) is 4.61. The first kappa shape index (κ1) is 22.3. The summed E-state index contributed by atoms with van der Waals surface area (Å²) in [6, 6.07) is 11.9. The zero-order valence-electron chi connectivity index (χ0n) is 19.2. The van der Waals surface area contributed by atoms with Crippen molar-refractivity contribution in [3.63, 3.8) is 0 Å². The van der Waals surface area contributed by atoms with Crippen LogP contribution in [0.15, 0.2) is 48.9 Å². The molecule has 0 bridgehead atoms. The first-order valence-corrected chi connectivity index (χ1v) is 11.7. The summed E-state index contributed by atoms with van der Waals surface area (Å²) in [7, 11) is 2.15. The van der Waals surface area contributed by atoms with Gasteiger partial charge in [-0.1, -0.05) is 23.7 Å². The lowest BCUT2D eigenvalue weighted by molar-refractivity contribution is 0.143. The van der Waals surface area contributed by atoms with Crippen LogP contribution in [0.25, 0.3) is 28.0 Å². The van der Waals surface area contributed by atoms with E-state index in [1.165, 1.54) is 6.42 Å². The number of aryl methyl sites for hydroxylation is 1. The van der Waals surface area contributed by atoms with E-state index in [4.69, 9.17) is 21.3 Å². The van der Waals surface area contributed by atoms with Gasteiger partial charge >= 0.3 is 6.01 Å². The number of hydrogen-bond donors (Lipinski definition) is 0. The summed E-state index contributed by atoms with van der Waals surface area (Å²) < 4.78 is 8.18. The second kappa shape index (κ2) is 9.41. The van der Waals surface area contributed by atoms with Crippen LogP contribution in [0.2, 0.25) is 5.02 Å². The summed E-state index contributed by atoms with van der Waals surface area (Å²) in [5, 5.41) is 9.81. The molecule has 4 aromatic rings. The fraction of sp³-hybridized carbons (Fsp3) is 0.308. The summed E-state index contributed by atoms with van der Waals surface area (Å²) >= 11 is 6.43. The van der Waals surface area contributed by atoms with Crippen LogP contribution in [0.5, 0.6) is 6.01 Å². The van der Waals surface area contributed by atoms with Crippen LogP contribution in [0.3, 0.4) is 0 Å². The molecule has 7 nitrogen and oxygen atoms in total. The van der Waals surface area contributed by atoms with E-state index >= 15 is 0 Å². The van der Waals surface area contributed by atoms with E-state index in [-0.39, 0.29) is 0 Å². The van der Waals surface area contributed by atoms with Crippen molar-refractivity contribution in [2.75, 3.05) is 26.7 Å². The summed E-state index contributed by atoms with van der Waals surface area (Å²) in [5.74, 6) is 0.456. The van der Waals surface area contributed by atoms with Crippen molar-refractivity contribution in [3.05, 3.63) is 65.2 Å². The van der Waals surface area contributed by atoms with Crippen molar-refractivity contribution in [3.8, 4) is 34.5 Å². The lowest BCUT2D eigenvalue weighted by atomic mass is 9.99. The molecule has 0 N–H and O–H groups in total. The predicted molar refractivity (Wildman–Crippen MR) is 132 cm³/mol. The van der Waals surface area contributed by atoms with Crippen molar-refractivity contribution >= 4 is 17.2 Å². The summed E-state index contributed by atoms with van der Waals surface area (Å²) in [4.78, 5) is 16.4. The zero-order chi connectivity index (χ0) is 23.7. The highest BCUT2D eigenvalue weighted by Crippen LogP contribution is 2.37. The molecule has 5 rings (SSSR count). The second-order valence-corrected chi connectivity index (χ2v) is 9.21. The number of pyridine rings is 1. The molecule has 8 heteroatoms. The number of imidazole rings is 1. The molecule has 0 unspecified atom stereocenters. The number of rotatable bonds is 5. The highest BCUT2D eigenvalue weighted by atomic mass is 35.5. The summed E-state index contributed by atoms with van der Waals surface area (Å²) in [6.07, 6.45) is 7.71. The highest BCUT2D eigenvalue weighted by Gasteiger charge is 2.22. The van der Waals surface area contributed by atoms with Gasteiger partial charge in [0.25, 0.3) is 0 Å². The Labute approximate surface area is 203 Å². The van der Waals surface area contributed by atoms with Crippen molar-refractivity contribution < 1.29 is 4.74 Å². The number of piperidine rings is 1. The van der Waals surface area contributed by atoms with Gasteiger partial charge in [0.1, 0.15) is 0 Å². The number of likely N-dealkylation sites (tertiary alicyclic amines) is 1. The number of ether oxygens (including phenoxy) is 1. The smallest absolute Gasteiger partial charge is 0.302 e. The number of nitrogens with zero attached hydrogens (tertiary/aromatic N) is 6. The van der Waals surface area contributed by atoms with Gasteiger partial charge in [0.2, 0.25) is 0 Å². The van der Waals surface area contributed by atoms with Gasteiger partial charge in [0.05, 0.1) is 40.2 Å². The van der Waals surface area contributed by atoms with Crippen molar-refractivity contribution in [1.29, 1.82) is 5.26 Å². The SMILES string of the molecule is Cc1ncc(-c2c(-c3ccc(C#N)cc3)nc(OC[C@@H]3CCCN(C)C3)n3ccnc23)cc1Cl. The fourth-order valence-corrected chi connectivity index (χ4v) is 4.64. The van der Waals surface area contributed by atoms with Crippen LogP contribution in [-0.4, -0.2) is 51.0 Å². The predicted octanol–water partition coefficient (Wildman–Crippen LogP) is 5.01. The second-order valence-electron chi connectivity index (χ2n) is 8.80. The molecule has 1 aliphatic rings. The average molecular weight is 473 g/mol. The van der Waals surface area contributed by atoms with Gasteiger partial charge in [0, 0.05) is 42.2 Å². The minimum atomic E-state index is 0.456. The maximum Gasteiger partial charge on any atom is 0.302 e. The van der Waals surface area contributed by atoms with E-state index < -0.39 is 0 Å². The van der Waals surface area contributed by atoms with Crippen molar-refractivity contribution in [2.24, 2.45) is 5.92 Å². The van der Waals surface area contributed by atoms with Crippen LogP contribution >= 0.6 is 11.6 Å². The minimum Gasteiger partial charge on any atom is -0.464 e. The van der Waals surface area contributed by atoms with Crippen LogP contribution in [0.1, 0.15) is 24.1 Å². The number of nitriles is 1. The van der Waals surface area contributed by atoms with Gasteiger partial charge in [-0.2, -0.15) is 10.2 Å². The van der Waals surface area contributed by atoms with E-state index in [9.17, 15) is 5.26 Å². The number of aromatic nitrogens is 4. The van der Waals surface area contributed by atoms with Crippen molar-refractivity contribution in [2.45, 2.75) is 19.8 Å². The third-order valence-electron chi connectivity index (χ3n) is 6.29. The normalized spacial score (nSPS) is 16.5. The first-order valence-electron chi connectivity index (χ1n) is 11.3. The van der Waals surface area contributed by atoms with Crippen LogP contribution in [0.4, 0.5) is 0 Å². The topological polar surface area (TPSA) is 79.3 Å². The molecular formula is C26H25ClN6O. The largest absolute Gasteiger partial charge is 0.464 e. The van der Waals surface area contributed by atoms with Crippen LogP contribution in [-0.2, 0) is 0 Å². The van der Waals surface area contributed by atoms with E-state index in [1.807, 2.05) is 35.7 Å². The van der Waals surface area contributed by atoms with Gasteiger partial charge in [-0.15, -0.1) is 0 Å². The van der Waals surface area contributed by atoms with Gasteiger partial charge in [0.15, 0.2) is 5.65 Å². The molecule has 172 valence electrons. The molecule has 4 heterocycles. The van der Waals surface area contributed by atoms with E-state index in [0.29, 0.717) is 40.5 Å². The number of fused-ring (bicyclic) bond motifs is 1. The Hall–Kier alpha value is -3.47. The van der Waals surface area contributed by atoms with Crippen LogP contribution in [0, 0.1) is 24.2 Å². The number of benzene rings is 1. The molecule has 0 spiro atoms. The molecular weight excluding hydrogens is 448 g/mol. The summed E-state index contributed by atoms with van der Waals surface area (Å²) in [5.41, 5.74) is 5.26. The molecule has 0 amide bonds. The Morgan fingerprint density at radius 1 is 1.21 bits per heavy atom. The van der Waals surface area contributed by atoms with E-state index in [0.717, 1.165) is 41.9 Å². The lowest BCUT2D eigenvalue weighted by Gasteiger charge is -2.29. The molecule has 1 aromatic carbocycles.